The lowest BCUT2D eigenvalue weighted by atomic mass is 9.95. The molecule has 0 fully saturated rings. The third-order valence-corrected chi connectivity index (χ3v) is 8.89. The zero-order valence-corrected chi connectivity index (χ0v) is 23.0. The van der Waals surface area contributed by atoms with Gasteiger partial charge in [0.2, 0.25) is 0 Å². The molecule has 0 saturated heterocycles. The minimum atomic E-state index is 0.904. The van der Waals surface area contributed by atoms with Crippen LogP contribution in [0.15, 0.2) is 144 Å². The van der Waals surface area contributed by atoms with Crippen LogP contribution in [0.25, 0.3) is 88.1 Å². The van der Waals surface area contributed by atoms with Gasteiger partial charge in [0.05, 0.1) is 11.0 Å². The molecule has 10 rings (SSSR count). The molecule has 0 amide bonds. The highest BCUT2D eigenvalue weighted by Crippen LogP contribution is 2.41. The number of fused-ring (bicyclic) bond motifs is 13. The maximum Gasteiger partial charge on any atom is 0.151 e. The van der Waals surface area contributed by atoms with Crippen LogP contribution in [0.1, 0.15) is 0 Å². The maximum absolute atomic E-state index is 6.17. The van der Waals surface area contributed by atoms with Gasteiger partial charge in [-0.1, -0.05) is 97.1 Å². The summed E-state index contributed by atoms with van der Waals surface area (Å²) < 4.78 is 10.9. The quantitative estimate of drug-likeness (QED) is 0.201. The Labute approximate surface area is 245 Å². The van der Waals surface area contributed by atoms with E-state index >= 15 is 0 Å². The van der Waals surface area contributed by atoms with Gasteiger partial charge in [-0.05, 0) is 59.0 Å². The van der Waals surface area contributed by atoms with Crippen molar-refractivity contribution in [3.8, 4) is 16.8 Å². The van der Waals surface area contributed by atoms with Crippen molar-refractivity contribution in [3.05, 3.63) is 140 Å². The minimum absolute atomic E-state index is 0.904. The van der Waals surface area contributed by atoms with E-state index in [2.05, 4.69) is 136 Å². The van der Waals surface area contributed by atoms with Crippen LogP contribution in [-0.4, -0.2) is 14.0 Å². The van der Waals surface area contributed by atoms with Crippen LogP contribution in [0.5, 0.6) is 0 Å². The normalized spacial score (nSPS) is 12.2. The fourth-order valence-corrected chi connectivity index (χ4v) is 7.07. The first-order valence-corrected chi connectivity index (χ1v) is 14.6. The Morgan fingerprint density at radius 3 is 2.09 bits per heavy atom. The maximum atomic E-state index is 6.17. The Bertz CT molecular complexity index is 2730. The van der Waals surface area contributed by atoms with Gasteiger partial charge in [0.1, 0.15) is 22.3 Å². The first-order chi connectivity index (χ1) is 21.3. The molecule has 0 atom stereocenters. The van der Waals surface area contributed by atoms with Crippen LogP contribution in [0.4, 0.5) is 0 Å². The highest BCUT2D eigenvalue weighted by atomic mass is 16.3. The summed E-state index contributed by atoms with van der Waals surface area (Å²) in [7, 11) is 0. The van der Waals surface area contributed by atoms with Gasteiger partial charge in [-0.15, -0.1) is 0 Å². The predicted octanol–water partition coefficient (Wildman–Crippen LogP) is 10.3. The average molecular weight is 550 g/mol. The molecule has 6 aromatic carbocycles. The van der Waals surface area contributed by atoms with Crippen LogP contribution >= 0.6 is 0 Å². The van der Waals surface area contributed by atoms with Gasteiger partial charge in [-0.2, -0.15) is 0 Å². The smallest absolute Gasteiger partial charge is 0.151 e. The SMILES string of the molecule is c1ccc(-n2c3ccccc3c3nc4c5ccccc5c5c(-c6ccc7oc8ccccc8c7c6)cccc5n4c32)cc1. The van der Waals surface area contributed by atoms with E-state index < -0.39 is 0 Å². The van der Waals surface area contributed by atoms with E-state index in [4.69, 9.17) is 9.40 Å². The molecular formula is C39H23N3O. The molecule has 0 aliphatic rings. The topological polar surface area (TPSA) is 35.4 Å². The summed E-state index contributed by atoms with van der Waals surface area (Å²) in [6.07, 6.45) is 0. The number of benzene rings is 6. The number of hydrogen-bond donors (Lipinski definition) is 0. The number of aromatic nitrogens is 3. The molecule has 4 aromatic heterocycles. The summed E-state index contributed by atoms with van der Waals surface area (Å²) in [5.41, 5.74) is 10.6. The summed E-state index contributed by atoms with van der Waals surface area (Å²) in [5.74, 6) is 0. The van der Waals surface area contributed by atoms with E-state index in [9.17, 15) is 0 Å². The second-order valence-electron chi connectivity index (χ2n) is 11.2. The predicted molar refractivity (Wildman–Crippen MR) is 177 cm³/mol. The zero-order chi connectivity index (χ0) is 28.1. The van der Waals surface area contributed by atoms with Gasteiger partial charge < -0.3 is 4.42 Å². The van der Waals surface area contributed by atoms with E-state index in [1.807, 2.05) is 12.1 Å². The number of nitrogens with zero attached hydrogens (tertiary/aromatic N) is 3. The number of rotatable bonds is 2. The minimum Gasteiger partial charge on any atom is -0.456 e. The molecule has 4 heteroatoms. The van der Waals surface area contributed by atoms with Crippen molar-refractivity contribution in [2.75, 3.05) is 0 Å². The Balaban J connectivity index is 1.40. The highest BCUT2D eigenvalue weighted by Gasteiger charge is 2.22. The monoisotopic (exact) mass is 549 g/mol. The summed E-state index contributed by atoms with van der Waals surface area (Å²) in [5, 5.41) is 6.95. The number of para-hydroxylation sites is 3. The number of imidazole rings is 1. The van der Waals surface area contributed by atoms with E-state index in [0.29, 0.717) is 0 Å². The number of hydrogen-bond acceptors (Lipinski definition) is 2. The van der Waals surface area contributed by atoms with Crippen LogP contribution in [-0.2, 0) is 0 Å². The van der Waals surface area contributed by atoms with E-state index in [1.165, 1.54) is 16.3 Å². The standard InChI is InChI=1S/C39H23N3O/c1-2-11-25(12-3-1)41-32-18-8-6-16-30(32)37-39(41)42-33-19-10-17-26(36(33)28-14-4-5-15-29(28)38(42)40-37)24-21-22-35-31(23-24)27-13-7-9-20-34(27)43-35/h1-23H. The highest BCUT2D eigenvalue weighted by molar-refractivity contribution is 6.20. The molecule has 0 spiro atoms. The molecular weight excluding hydrogens is 526 g/mol. The second kappa shape index (κ2) is 8.34. The lowest BCUT2D eigenvalue weighted by Gasteiger charge is -2.15. The van der Waals surface area contributed by atoms with Gasteiger partial charge in [0, 0.05) is 32.6 Å². The Hall–Kier alpha value is -5.87. The molecule has 0 aliphatic heterocycles. The van der Waals surface area contributed by atoms with Gasteiger partial charge in [-0.25, -0.2) is 4.98 Å². The van der Waals surface area contributed by atoms with Gasteiger partial charge in [-0.3, -0.25) is 8.97 Å². The lowest BCUT2D eigenvalue weighted by molar-refractivity contribution is 0.669. The zero-order valence-electron chi connectivity index (χ0n) is 23.0. The van der Waals surface area contributed by atoms with Gasteiger partial charge >= 0.3 is 0 Å². The largest absolute Gasteiger partial charge is 0.456 e. The van der Waals surface area contributed by atoms with Crippen molar-refractivity contribution in [1.29, 1.82) is 0 Å². The van der Waals surface area contributed by atoms with Crippen LogP contribution in [0.2, 0.25) is 0 Å². The van der Waals surface area contributed by atoms with Gasteiger partial charge in [0.25, 0.3) is 0 Å². The van der Waals surface area contributed by atoms with Crippen LogP contribution in [0.3, 0.4) is 0 Å². The molecule has 0 saturated carbocycles. The van der Waals surface area contributed by atoms with Crippen molar-refractivity contribution < 1.29 is 4.42 Å². The average Bonchev–Trinajstić information content (AvgIpc) is 3.74. The number of furan rings is 1. The molecule has 4 heterocycles. The van der Waals surface area contributed by atoms with Gasteiger partial charge in [0.15, 0.2) is 5.65 Å². The van der Waals surface area contributed by atoms with Crippen molar-refractivity contribution in [2.45, 2.75) is 0 Å². The Kier molecular flexibility index (Phi) is 4.42. The third-order valence-electron chi connectivity index (χ3n) is 8.89. The molecule has 0 bridgehead atoms. The van der Waals surface area contributed by atoms with E-state index in [-0.39, 0.29) is 0 Å². The second-order valence-corrected chi connectivity index (χ2v) is 11.2. The first kappa shape index (κ1) is 22.8. The molecule has 0 radical (unpaired) electrons. The lowest BCUT2D eigenvalue weighted by Crippen LogP contribution is -1.99. The van der Waals surface area contributed by atoms with Crippen molar-refractivity contribution in [2.24, 2.45) is 0 Å². The molecule has 0 unspecified atom stereocenters. The third kappa shape index (κ3) is 3.02. The summed E-state index contributed by atoms with van der Waals surface area (Å²) in [6, 6.07) is 49.3. The first-order valence-electron chi connectivity index (χ1n) is 14.6. The molecule has 10 aromatic rings. The Morgan fingerprint density at radius 2 is 1.21 bits per heavy atom. The molecule has 43 heavy (non-hydrogen) atoms. The van der Waals surface area contributed by atoms with Crippen LogP contribution in [0, 0.1) is 0 Å². The number of pyridine rings is 1. The fourth-order valence-electron chi connectivity index (χ4n) is 7.07. The molecule has 200 valence electrons. The van der Waals surface area contributed by atoms with Crippen molar-refractivity contribution in [3.63, 3.8) is 0 Å². The van der Waals surface area contributed by atoms with E-state index in [0.717, 1.165) is 71.8 Å². The summed E-state index contributed by atoms with van der Waals surface area (Å²) in [4.78, 5) is 5.37. The summed E-state index contributed by atoms with van der Waals surface area (Å²) in [6.45, 7) is 0. The summed E-state index contributed by atoms with van der Waals surface area (Å²) >= 11 is 0. The van der Waals surface area contributed by atoms with Crippen molar-refractivity contribution in [1.82, 2.24) is 14.0 Å². The molecule has 0 aliphatic carbocycles. The molecule has 4 nitrogen and oxygen atoms in total. The van der Waals surface area contributed by atoms with E-state index in [1.54, 1.807) is 0 Å². The molecule has 0 N–H and O–H groups in total. The fraction of sp³-hybridized carbons (Fsp3) is 0. The van der Waals surface area contributed by atoms with Crippen molar-refractivity contribution >= 4 is 71.3 Å². The Morgan fingerprint density at radius 1 is 0.512 bits per heavy atom. The van der Waals surface area contributed by atoms with Crippen LogP contribution < -0.4 is 0 Å².